The number of fused-ring (bicyclic) bond motifs is 1. The van der Waals surface area contributed by atoms with Crippen molar-refractivity contribution in [2.24, 2.45) is 29.6 Å². The van der Waals surface area contributed by atoms with Gasteiger partial charge in [0.15, 0.2) is 0 Å². The average molecular weight is 304 g/mol. The maximum atomic E-state index is 12.3. The molecular formula is C20H32O2. The third-order valence-electron chi connectivity index (χ3n) is 5.37. The van der Waals surface area contributed by atoms with Crippen molar-refractivity contribution in [2.75, 3.05) is 0 Å². The number of rotatable bonds is 5. The lowest BCUT2D eigenvalue weighted by Crippen LogP contribution is -2.40. The van der Waals surface area contributed by atoms with Gasteiger partial charge in [0.1, 0.15) is 6.10 Å². The Bertz CT molecular complexity index is 447. The van der Waals surface area contributed by atoms with Gasteiger partial charge in [0.25, 0.3) is 0 Å². The van der Waals surface area contributed by atoms with Gasteiger partial charge < -0.3 is 4.74 Å². The summed E-state index contributed by atoms with van der Waals surface area (Å²) in [6, 6.07) is 0. The fraction of sp³-hybridized carbons (Fsp3) is 0.750. The summed E-state index contributed by atoms with van der Waals surface area (Å²) in [7, 11) is 0. The van der Waals surface area contributed by atoms with Gasteiger partial charge in [-0.3, -0.25) is 4.79 Å². The molecule has 0 saturated heterocycles. The molecule has 0 radical (unpaired) electrons. The minimum absolute atomic E-state index is 0.00876. The van der Waals surface area contributed by atoms with Gasteiger partial charge >= 0.3 is 5.97 Å². The second kappa shape index (κ2) is 7.48. The average Bonchev–Trinajstić information content (AvgIpc) is 2.49. The van der Waals surface area contributed by atoms with E-state index in [1.54, 1.807) is 0 Å². The summed E-state index contributed by atoms with van der Waals surface area (Å²) in [5, 5.41) is 0. The van der Waals surface area contributed by atoms with Crippen LogP contribution in [0.1, 0.15) is 60.3 Å². The zero-order chi connectivity index (χ0) is 16.3. The summed E-state index contributed by atoms with van der Waals surface area (Å²) >= 11 is 0. The highest BCUT2D eigenvalue weighted by Crippen LogP contribution is 2.44. The molecule has 2 rings (SSSR count). The lowest BCUT2D eigenvalue weighted by atomic mass is 9.66. The molecule has 2 aliphatic rings. The molecule has 0 N–H and O–H groups in total. The van der Waals surface area contributed by atoms with Crippen LogP contribution in [0.4, 0.5) is 0 Å². The van der Waals surface area contributed by atoms with Crippen molar-refractivity contribution in [3.8, 4) is 0 Å². The Balaban J connectivity index is 2.19. The summed E-state index contributed by atoms with van der Waals surface area (Å²) in [6.07, 6.45) is 11.1. The lowest BCUT2D eigenvalue weighted by Gasteiger charge is -2.42. The van der Waals surface area contributed by atoms with Crippen LogP contribution in [0, 0.1) is 29.6 Å². The molecule has 0 unspecified atom stereocenters. The van der Waals surface area contributed by atoms with Crippen LogP contribution in [0.3, 0.4) is 0 Å². The first-order valence-electron chi connectivity index (χ1n) is 9.02. The van der Waals surface area contributed by atoms with E-state index in [4.69, 9.17) is 4.74 Å². The molecule has 0 spiro atoms. The van der Waals surface area contributed by atoms with Gasteiger partial charge in [-0.25, -0.2) is 0 Å². The first-order valence-corrected chi connectivity index (χ1v) is 9.02. The highest BCUT2D eigenvalue weighted by atomic mass is 16.5. The van der Waals surface area contributed by atoms with E-state index in [0.29, 0.717) is 23.7 Å². The van der Waals surface area contributed by atoms with E-state index in [0.717, 1.165) is 19.3 Å². The summed E-state index contributed by atoms with van der Waals surface area (Å²) in [5.41, 5.74) is 1.40. The second-order valence-corrected chi connectivity index (χ2v) is 7.60. The number of carbonyl (C=O) groups is 1. The molecular weight excluding hydrogens is 272 g/mol. The summed E-state index contributed by atoms with van der Waals surface area (Å²) in [5.74, 6) is 2.21. The molecule has 0 heterocycles. The number of allylic oxidation sites excluding steroid dienone is 3. The maximum Gasteiger partial charge on any atom is 0.308 e. The van der Waals surface area contributed by atoms with E-state index in [9.17, 15) is 4.79 Å². The summed E-state index contributed by atoms with van der Waals surface area (Å²) in [4.78, 5) is 12.3. The van der Waals surface area contributed by atoms with Gasteiger partial charge in [-0.2, -0.15) is 0 Å². The third-order valence-corrected chi connectivity index (χ3v) is 5.37. The van der Waals surface area contributed by atoms with E-state index >= 15 is 0 Å². The van der Waals surface area contributed by atoms with Crippen molar-refractivity contribution in [3.05, 3.63) is 23.8 Å². The van der Waals surface area contributed by atoms with Crippen LogP contribution in [0.15, 0.2) is 23.8 Å². The monoisotopic (exact) mass is 304 g/mol. The van der Waals surface area contributed by atoms with Gasteiger partial charge in [0.05, 0.1) is 5.92 Å². The van der Waals surface area contributed by atoms with Crippen LogP contribution in [0.5, 0.6) is 0 Å². The Kier molecular flexibility index (Phi) is 5.88. The Labute approximate surface area is 136 Å². The number of carbonyl (C=O) groups excluding carboxylic acids is 1. The predicted octanol–water partition coefficient (Wildman–Crippen LogP) is 5.15. The smallest absolute Gasteiger partial charge is 0.308 e. The molecule has 22 heavy (non-hydrogen) atoms. The zero-order valence-corrected chi connectivity index (χ0v) is 14.8. The molecule has 0 saturated carbocycles. The molecule has 2 aliphatic carbocycles. The van der Waals surface area contributed by atoms with E-state index < -0.39 is 0 Å². The second-order valence-electron chi connectivity index (χ2n) is 7.60. The first-order chi connectivity index (χ1) is 10.4. The predicted molar refractivity (Wildman–Crippen MR) is 91.4 cm³/mol. The fourth-order valence-electron chi connectivity index (χ4n) is 3.85. The minimum Gasteiger partial charge on any atom is -0.461 e. The Morgan fingerprint density at radius 1 is 1.36 bits per heavy atom. The van der Waals surface area contributed by atoms with Crippen molar-refractivity contribution in [1.29, 1.82) is 0 Å². The van der Waals surface area contributed by atoms with Crippen molar-refractivity contribution < 1.29 is 9.53 Å². The Morgan fingerprint density at radius 2 is 2.09 bits per heavy atom. The fourth-order valence-corrected chi connectivity index (χ4v) is 3.85. The van der Waals surface area contributed by atoms with Crippen molar-refractivity contribution in [3.63, 3.8) is 0 Å². The molecule has 2 nitrogen and oxygen atoms in total. The highest BCUT2D eigenvalue weighted by Gasteiger charge is 2.40. The number of esters is 1. The van der Waals surface area contributed by atoms with Gasteiger partial charge in [0, 0.05) is 5.92 Å². The Hall–Kier alpha value is -1.05. The lowest BCUT2D eigenvalue weighted by molar-refractivity contribution is -0.157. The van der Waals surface area contributed by atoms with E-state index in [1.807, 2.05) is 13.8 Å². The largest absolute Gasteiger partial charge is 0.461 e. The van der Waals surface area contributed by atoms with E-state index in [-0.39, 0.29) is 18.0 Å². The van der Waals surface area contributed by atoms with Gasteiger partial charge in [0.2, 0.25) is 0 Å². The van der Waals surface area contributed by atoms with Crippen LogP contribution in [-0.2, 0) is 9.53 Å². The van der Waals surface area contributed by atoms with Crippen LogP contribution in [0.25, 0.3) is 0 Å². The first kappa shape index (κ1) is 17.3. The maximum absolute atomic E-state index is 12.3. The van der Waals surface area contributed by atoms with E-state index in [2.05, 4.69) is 39.0 Å². The molecule has 2 heteroatoms. The molecule has 0 aliphatic heterocycles. The third kappa shape index (κ3) is 3.83. The number of hydrogen-bond acceptors (Lipinski definition) is 2. The normalized spacial score (nSPS) is 32.4. The van der Waals surface area contributed by atoms with Crippen molar-refractivity contribution >= 4 is 5.97 Å². The van der Waals surface area contributed by atoms with Crippen molar-refractivity contribution in [1.82, 2.24) is 0 Å². The van der Waals surface area contributed by atoms with Crippen LogP contribution < -0.4 is 0 Å². The van der Waals surface area contributed by atoms with Gasteiger partial charge in [-0.05, 0) is 49.0 Å². The summed E-state index contributed by atoms with van der Waals surface area (Å²) < 4.78 is 5.96. The van der Waals surface area contributed by atoms with Gasteiger partial charge in [-0.1, -0.05) is 52.8 Å². The Morgan fingerprint density at radius 3 is 2.73 bits per heavy atom. The molecule has 0 bridgehead atoms. The SMILES string of the molecule is CC[C@H](C)C(=O)O[C@H]1CCC=C2C=C[C@H](C)[C@H](CC(C)C)[C@H]21. The molecule has 0 aromatic carbocycles. The minimum atomic E-state index is -0.0146. The topological polar surface area (TPSA) is 26.3 Å². The molecule has 5 atom stereocenters. The molecule has 0 amide bonds. The number of ether oxygens (including phenoxy) is 1. The van der Waals surface area contributed by atoms with Crippen LogP contribution in [0.2, 0.25) is 0 Å². The molecule has 0 fully saturated rings. The van der Waals surface area contributed by atoms with Crippen LogP contribution in [-0.4, -0.2) is 12.1 Å². The molecule has 0 aromatic heterocycles. The molecule has 124 valence electrons. The van der Waals surface area contributed by atoms with Crippen molar-refractivity contribution in [2.45, 2.75) is 66.4 Å². The quantitative estimate of drug-likeness (QED) is 0.657. The van der Waals surface area contributed by atoms with Crippen LogP contribution >= 0.6 is 0 Å². The van der Waals surface area contributed by atoms with Gasteiger partial charge in [-0.15, -0.1) is 0 Å². The number of hydrogen-bond donors (Lipinski definition) is 0. The molecule has 0 aromatic rings. The van der Waals surface area contributed by atoms with E-state index in [1.165, 1.54) is 12.0 Å². The zero-order valence-electron chi connectivity index (χ0n) is 14.8. The summed E-state index contributed by atoms with van der Waals surface area (Å²) in [6.45, 7) is 10.9. The highest BCUT2D eigenvalue weighted by molar-refractivity contribution is 5.72. The standard InChI is InChI=1S/C20H32O2/c1-6-14(4)20(21)22-18-9-7-8-16-11-10-15(5)17(19(16)18)12-13(2)3/h8,10-11,13-15,17-19H,6-7,9,12H2,1-5H3/t14-,15-,17-,18-,19-/m0/s1.